The van der Waals surface area contributed by atoms with Gasteiger partial charge in [-0.05, 0) is 55.9 Å². The molecule has 4 atom stereocenters. The molecule has 128 valence electrons. The molecular weight excluding hydrogens is 292 g/mol. The Labute approximate surface area is 137 Å². The largest absolute Gasteiger partial charge is 0.396 e. The Morgan fingerprint density at radius 1 is 1.05 bits per heavy atom. The highest BCUT2D eigenvalue weighted by molar-refractivity contribution is 6.70. The zero-order chi connectivity index (χ0) is 15.6. The van der Waals surface area contributed by atoms with E-state index < -0.39 is 8.56 Å². The van der Waals surface area contributed by atoms with Crippen LogP contribution in [-0.4, -0.2) is 35.1 Å². The van der Waals surface area contributed by atoms with Crippen LogP contribution < -0.4 is 0 Å². The fraction of sp³-hybridized carbons (Fsp3) is 1.00. The van der Waals surface area contributed by atoms with Crippen molar-refractivity contribution in [1.82, 2.24) is 0 Å². The first-order valence-electron chi connectivity index (χ1n) is 9.34. The fourth-order valence-corrected chi connectivity index (χ4v) is 9.82. The lowest BCUT2D eigenvalue weighted by Crippen LogP contribution is -2.64. The Kier molecular flexibility index (Phi) is 5.33. The standard InChI is InChI=1S/C18H34O3Si/c1-19-18(10-4-5-12-22(18,20-2)21-3)11-6-7-16-13-15-8-9-17(16)14-15/h15-17H,4-14H2,1-3H3. The number of ether oxygens (including phenoxy) is 1. The van der Waals surface area contributed by atoms with E-state index in [0.29, 0.717) is 0 Å². The smallest absolute Gasteiger partial charge is 0.370 e. The lowest BCUT2D eigenvalue weighted by molar-refractivity contribution is -0.0170. The molecule has 0 aromatic rings. The molecule has 1 heterocycles. The van der Waals surface area contributed by atoms with E-state index in [1.165, 1.54) is 51.4 Å². The van der Waals surface area contributed by atoms with E-state index in [4.69, 9.17) is 13.6 Å². The van der Waals surface area contributed by atoms with Crippen molar-refractivity contribution in [3.05, 3.63) is 0 Å². The van der Waals surface area contributed by atoms with Gasteiger partial charge in [0.05, 0.1) is 0 Å². The quantitative estimate of drug-likeness (QED) is 0.648. The molecule has 3 aliphatic rings. The molecule has 2 aliphatic carbocycles. The van der Waals surface area contributed by atoms with Gasteiger partial charge in [0.25, 0.3) is 0 Å². The second-order valence-corrected chi connectivity index (χ2v) is 11.6. The van der Waals surface area contributed by atoms with Crippen molar-refractivity contribution < 1.29 is 13.6 Å². The third-order valence-electron chi connectivity index (χ3n) is 7.12. The van der Waals surface area contributed by atoms with E-state index in [2.05, 4.69) is 0 Å². The average molecular weight is 327 g/mol. The molecule has 0 amide bonds. The first-order chi connectivity index (χ1) is 10.7. The summed E-state index contributed by atoms with van der Waals surface area (Å²) in [4.78, 5) is 0. The highest BCUT2D eigenvalue weighted by Crippen LogP contribution is 2.51. The fourth-order valence-electron chi connectivity index (χ4n) is 5.90. The van der Waals surface area contributed by atoms with Crippen LogP contribution in [0.3, 0.4) is 0 Å². The summed E-state index contributed by atoms with van der Waals surface area (Å²) in [6, 6.07) is 1.09. The van der Waals surface area contributed by atoms with Crippen LogP contribution in [0.15, 0.2) is 0 Å². The van der Waals surface area contributed by atoms with Gasteiger partial charge in [-0.15, -0.1) is 0 Å². The second kappa shape index (κ2) is 6.92. The minimum atomic E-state index is -2.23. The molecule has 1 saturated heterocycles. The maximum absolute atomic E-state index is 6.11. The molecule has 2 bridgehead atoms. The van der Waals surface area contributed by atoms with Gasteiger partial charge in [0.15, 0.2) is 0 Å². The minimum absolute atomic E-state index is 0.119. The van der Waals surface area contributed by atoms with Gasteiger partial charge in [-0.2, -0.15) is 0 Å². The van der Waals surface area contributed by atoms with Crippen LogP contribution >= 0.6 is 0 Å². The summed E-state index contributed by atoms with van der Waals surface area (Å²) in [6.07, 6.45) is 13.4. The van der Waals surface area contributed by atoms with E-state index in [0.717, 1.165) is 36.6 Å². The SMILES string of the molecule is COC1(CCCC2CC3CCC2C3)CCCC[Si]1(OC)OC. The minimum Gasteiger partial charge on any atom is -0.396 e. The summed E-state index contributed by atoms with van der Waals surface area (Å²) in [5, 5.41) is -0.119. The molecule has 1 aliphatic heterocycles. The first kappa shape index (κ1) is 16.9. The van der Waals surface area contributed by atoms with Crippen molar-refractivity contribution in [1.29, 1.82) is 0 Å². The van der Waals surface area contributed by atoms with E-state index >= 15 is 0 Å². The van der Waals surface area contributed by atoms with Crippen LogP contribution in [0.1, 0.15) is 64.2 Å². The molecule has 3 fully saturated rings. The normalized spacial score (nSPS) is 40.2. The van der Waals surface area contributed by atoms with Gasteiger partial charge in [-0.1, -0.05) is 32.1 Å². The molecule has 0 aromatic carbocycles. The van der Waals surface area contributed by atoms with Crippen molar-refractivity contribution in [2.75, 3.05) is 21.3 Å². The molecule has 2 saturated carbocycles. The Hall–Kier alpha value is 0.0969. The maximum Gasteiger partial charge on any atom is 0.370 e. The van der Waals surface area contributed by atoms with E-state index in [1.54, 1.807) is 0 Å². The number of fused-ring (bicyclic) bond motifs is 2. The number of rotatable bonds is 7. The van der Waals surface area contributed by atoms with Crippen molar-refractivity contribution in [3.63, 3.8) is 0 Å². The van der Waals surface area contributed by atoms with Crippen LogP contribution in [0, 0.1) is 17.8 Å². The highest BCUT2D eigenvalue weighted by Gasteiger charge is 2.58. The van der Waals surface area contributed by atoms with Crippen molar-refractivity contribution in [2.24, 2.45) is 17.8 Å². The van der Waals surface area contributed by atoms with Gasteiger partial charge in [0.1, 0.15) is 5.22 Å². The topological polar surface area (TPSA) is 27.7 Å². The molecule has 3 rings (SSSR count). The van der Waals surface area contributed by atoms with Crippen molar-refractivity contribution >= 4 is 8.56 Å². The zero-order valence-corrected chi connectivity index (χ0v) is 15.7. The molecule has 0 aromatic heterocycles. The number of hydrogen-bond donors (Lipinski definition) is 0. The van der Waals surface area contributed by atoms with Gasteiger partial charge in [0, 0.05) is 21.3 Å². The van der Waals surface area contributed by atoms with Crippen LogP contribution in [0.5, 0.6) is 0 Å². The number of hydrogen-bond acceptors (Lipinski definition) is 3. The summed E-state index contributed by atoms with van der Waals surface area (Å²) >= 11 is 0. The predicted octanol–water partition coefficient (Wildman–Crippen LogP) is 4.44. The van der Waals surface area contributed by atoms with Crippen LogP contribution in [-0.2, 0) is 13.6 Å². The van der Waals surface area contributed by atoms with E-state index in [-0.39, 0.29) is 5.22 Å². The maximum atomic E-state index is 6.11. The Bertz CT molecular complexity index is 371. The average Bonchev–Trinajstić information content (AvgIpc) is 3.18. The molecule has 0 radical (unpaired) electrons. The van der Waals surface area contributed by atoms with Gasteiger partial charge >= 0.3 is 8.56 Å². The molecular formula is C18H34O3Si. The summed E-state index contributed by atoms with van der Waals surface area (Å²) in [6.45, 7) is 0. The summed E-state index contributed by atoms with van der Waals surface area (Å²) in [7, 11) is 3.33. The van der Waals surface area contributed by atoms with Gasteiger partial charge in [-0.25, -0.2) is 0 Å². The second-order valence-electron chi connectivity index (χ2n) is 7.89. The van der Waals surface area contributed by atoms with E-state index in [9.17, 15) is 0 Å². The summed E-state index contributed by atoms with van der Waals surface area (Å²) in [5.41, 5.74) is 0. The van der Waals surface area contributed by atoms with Crippen LogP contribution in [0.4, 0.5) is 0 Å². The van der Waals surface area contributed by atoms with Crippen molar-refractivity contribution in [3.8, 4) is 0 Å². The molecule has 0 spiro atoms. The molecule has 22 heavy (non-hydrogen) atoms. The third-order valence-corrected chi connectivity index (χ3v) is 11.5. The molecule has 4 heteroatoms. The lowest BCUT2D eigenvalue weighted by atomic mass is 9.84. The lowest BCUT2D eigenvalue weighted by Gasteiger charge is -2.48. The molecule has 0 N–H and O–H groups in total. The van der Waals surface area contributed by atoms with Crippen molar-refractivity contribution in [2.45, 2.75) is 75.5 Å². The first-order valence-corrected chi connectivity index (χ1v) is 11.4. The third kappa shape index (κ3) is 2.81. The van der Waals surface area contributed by atoms with Crippen LogP contribution in [0.25, 0.3) is 0 Å². The Morgan fingerprint density at radius 3 is 2.45 bits per heavy atom. The summed E-state index contributed by atoms with van der Waals surface area (Å²) in [5.74, 6) is 3.10. The monoisotopic (exact) mass is 326 g/mol. The van der Waals surface area contributed by atoms with Gasteiger partial charge in [-0.3, -0.25) is 0 Å². The van der Waals surface area contributed by atoms with E-state index in [1.807, 2.05) is 21.3 Å². The van der Waals surface area contributed by atoms with Gasteiger partial charge in [0.2, 0.25) is 0 Å². The Balaban J connectivity index is 1.59. The molecule has 4 unspecified atom stereocenters. The number of methoxy groups -OCH3 is 1. The predicted molar refractivity (Wildman–Crippen MR) is 91.0 cm³/mol. The molecule has 3 nitrogen and oxygen atoms in total. The van der Waals surface area contributed by atoms with Gasteiger partial charge < -0.3 is 13.6 Å². The Morgan fingerprint density at radius 2 is 1.86 bits per heavy atom. The highest BCUT2D eigenvalue weighted by atomic mass is 28.4. The zero-order valence-electron chi connectivity index (χ0n) is 14.7. The summed E-state index contributed by atoms with van der Waals surface area (Å²) < 4.78 is 18.1. The van der Waals surface area contributed by atoms with Crippen LogP contribution in [0.2, 0.25) is 6.04 Å².